The van der Waals surface area contributed by atoms with Gasteiger partial charge in [0.1, 0.15) is 0 Å². The number of benzene rings is 1. The van der Waals surface area contributed by atoms with E-state index in [-0.39, 0.29) is 22.9 Å². The van der Waals surface area contributed by atoms with Crippen molar-refractivity contribution < 1.29 is 8.42 Å². The van der Waals surface area contributed by atoms with Gasteiger partial charge in [-0.25, -0.2) is 13.1 Å². The van der Waals surface area contributed by atoms with Gasteiger partial charge >= 0.3 is 4.87 Å². The fourth-order valence-electron chi connectivity index (χ4n) is 1.53. The number of H-pyrrole nitrogens is 1. The minimum atomic E-state index is -3.63. The van der Waals surface area contributed by atoms with Crippen LogP contribution in [0.5, 0.6) is 0 Å². The van der Waals surface area contributed by atoms with Crippen molar-refractivity contribution in [3.8, 4) is 11.8 Å². The van der Waals surface area contributed by atoms with Crippen molar-refractivity contribution in [3.63, 3.8) is 0 Å². The summed E-state index contributed by atoms with van der Waals surface area (Å²) >= 11 is 0.989. The van der Waals surface area contributed by atoms with Crippen LogP contribution in [0.4, 0.5) is 0 Å². The molecule has 0 spiro atoms. The van der Waals surface area contributed by atoms with E-state index in [1.807, 2.05) is 0 Å². The Hall–Kier alpha value is -1.92. The van der Waals surface area contributed by atoms with E-state index < -0.39 is 10.0 Å². The van der Waals surface area contributed by atoms with E-state index in [2.05, 4.69) is 21.5 Å². The van der Waals surface area contributed by atoms with E-state index in [1.54, 1.807) is 17.5 Å². The molecular formula is C13H13N3O3S2. The normalized spacial score (nSPS) is 10.9. The highest BCUT2D eigenvalue weighted by Gasteiger charge is 2.13. The van der Waals surface area contributed by atoms with Crippen LogP contribution in [0.2, 0.25) is 0 Å². The number of aromatic nitrogens is 1. The van der Waals surface area contributed by atoms with Crippen molar-refractivity contribution >= 4 is 21.4 Å². The molecule has 2 aromatic rings. The summed E-state index contributed by atoms with van der Waals surface area (Å²) in [5.74, 6) is 5.51. The Kier molecular flexibility index (Phi) is 4.93. The van der Waals surface area contributed by atoms with Gasteiger partial charge in [-0.15, -0.1) is 0 Å². The van der Waals surface area contributed by atoms with Crippen LogP contribution in [-0.2, 0) is 16.6 Å². The van der Waals surface area contributed by atoms with E-state index in [0.717, 1.165) is 11.3 Å². The van der Waals surface area contributed by atoms with E-state index >= 15 is 0 Å². The van der Waals surface area contributed by atoms with E-state index in [1.165, 1.54) is 12.1 Å². The smallest absolute Gasteiger partial charge is 0.304 e. The van der Waals surface area contributed by atoms with Crippen molar-refractivity contribution in [1.29, 1.82) is 0 Å². The molecule has 0 aliphatic rings. The largest absolute Gasteiger partial charge is 0.320 e. The minimum absolute atomic E-state index is 0.0375. The molecule has 0 unspecified atom stereocenters. The number of nitrogens with one attached hydrogen (secondary N) is 2. The average molecular weight is 323 g/mol. The van der Waals surface area contributed by atoms with Gasteiger partial charge in [0.15, 0.2) is 0 Å². The first-order valence-corrected chi connectivity index (χ1v) is 8.33. The lowest BCUT2D eigenvalue weighted by atomic mass is 10.2. The summed E-state index contributed by atoms with van der Waals surface area (Å²) in [6.45, 7) is 0.288. The highest BCUT2D eigenvalue weighted by molar-refractivity contribution is 7.89. The molecule has 8 heteroatoms. The summed E-state index contributed by atoms with van der Waals surface area (Å²) in [6.07, 6.45) is 0. The molecule has 0 aliphatic carbocycles. The summed E-state index contributed by atoms with van der Waals surface area (Å²) < 4.78 is 26.6. The Morgan fingerprint density at radius 3 is 2.57 bits per heavy atom. The summed E-state index contributed by atoms with van der Waals surface area (Å²) in [5, 5.41) is 1.58. The Bertz CT molecular complexity index is 824. The molecule has 0 aliphatic heterocycles. The first-order valence-electron chi connectivity index (χ1n) is 5.96. The van der Waals surface area contributed by atoms with Crippen LogP contribution in [0, 0.1) is 11.8 Å². The number of hydrogen-bond donors (Lipinski definition) is 3. The molecule has 21 heavy (non-hydrogen) atoms. The van der Waals surface area contributed by atoms with Crippen molar-refractivity contribution in [1.82, 2.24) is 9.71 Å². The van der Waals surface area contributed by atoms with Crippen LogP contribution in [-0.4, -0.2) is 19.9 Å². The minimum Gasteiger partial charge on any atom is -0.320 e. The lowest BCUT2D eigenvalue weighted by molar-refractivity contribution is 0.580. The third kappa shape index (κ3) is 4.27. The zero-order valence-electron chi connectivity index (χ0n) is 10.9. The van der Waals surface area contributed by atoms with Crippen LogP contribution in [0.25, 0.3) is 0 Å². The van der Waals surface area contributed by atoms with Gasteiger partial charge in [-0.1, -0.05) is 23.2 Å². The summed E-state index contributed by atoms with van der Waals surface area (Å²) in [4.78, 5) is 13.4. The predicted octanol–water partition coefficient (Wildman–Crippen LogP) is 0.225. The molecule has 0 amide bonds. The summed E-state index contributed by atoms with van der Waals surface area (Å²) in [6, 6.07) is 6.17. The average Bonchev–Trinajstić information content (AvgIpc) is 2.89. The lowest BCUT2D eigenvalue weighted by Crippen LogP contribution is -2.23. The molecule has 0 radical (unpaired) electrons. The SMILES string of the molecule is NCC#Cc1ccc(S(=O)(=O)NCc2csc(=O)[nH]2)cc1. The molecule has 1 aromatic carbocycles. The molecule has 0 saturated carbocycles. The van der Waals surface area contributed by atoms with E-state index in [0.29, 0.717) is 11.3 Å². The maximum atomic E-state index is 12.1. The third-order valence-corrected chi connectivity index (χ3v) is 4.66. The van der Waals surface area contributed by atoms with Gasteiger partial charge in [0, 0.05) is 16.6 Å². The Morgan fingerprint density at radius 1 is 1.29 bits per heavy atom. The number of hydrogen-bond acceptors (Lipinski definition) is 5. The maximum Gasteiger partial charge on any atom is 0.304 e. The second-order valence-electron chi connectivity index (χ2n) is 4.03. The van der Waals surface area contributed by atoms with E-state index in [9.17, 15) is 13.2 Å². The van der Waals surface area contributed by atoms with Gasteiger partial charge in [0.2, 0.25) is 10.0 Å². The molecular weight excluding hydrogens is 310 g/mol. The van der Waals surface area contributed by atoms with E-state index in [4.69, 9.17) is 5.73 Å². The fraction of sp³-hybridized carbons (Fsp3) is 0.154. The van der Waals surface area contributed by atoms with Crippen LogP contribution in [0.15, 0.2) is 39.3 Å². The highest BCUT2D eigenvalue weighted by Crippen LogP contribution is 2.10. The number of rotatable bonds is 4. The molecule has 2 rings (SSSR count). The van der Waals surface area contributed by atoms with Crippen molar-refractivity contribution in [2.75, 3.05) is 6.54 Å². The first kappa shape index (κ1) is 15.5. The molecule has 1 heterocycles. The molecule has 0 atom stereocenters. The van der Waals surface area contributed by atoms with Crippen LogP contribution in [0.3, 0.4) is 0 Å². The monoisotopic (exact) mass is 323 g/mol. The summed E-state index contributed by atoms with van der Waals surface area (Å²) in [7, 11) is -3.63. The van der Waals surface area contributed by atoms with Crippen LogP contribution in [0.1, 0.15) is 11.3 Å². The Balaban J connectivity index is 2.10. The molecule has 0 saturated heterocycles. The second kappa shape index (κ2) is 6.69. The zero-order valence-corrected chi connectivity index (χ0v) is 12.6. The van der Waals surface area contributed by atoms with Gasteiger partial charge < -0.3 is 10.7 Å². The van der Waals surface area contributed by atoms with Crippen LogP contribution >= 0.6 is 11.3 Å². The lowest BCUT2D eigenvalue weighted by Gasteiger charge is -2.05. The van der Waals surface area contributed by atoms with Crippen molar-refractivity contribution in [3.05, 3.63) is 50.6 Å². The maximum absolute atomic E-state index is 12.1. The predicted molar refractivity (Wildman–Crippen MR) is 81.3 cm³/mol. The highest BCUT2D eigenvalue weighted by atomic mass is 32.2. The molecule has 4 N–H and O–H groups in total. The Labute approximate surface area is 126 Å². The van der Waals surface area contributed by atoms with Gasteiger partial charge in [0.05, 0.1) is 18.0 Å². The number of aromatic amines is 1. The number of nitrogens with two attached hydrogens (primary N) is 1. The van der Waals surface area contributed by atoms with Crippen molar-refractivity contribution in [2.24, 2.45) is 5.73 Å². The zero-order chi connectivity index (χ0) is 15.3. The Morgan fingerprint density at radius 2 is 2.00 bits per heavy atom. The first-order chi connectivity index (χ1) is 10.0. The van der Waals surface area contributed by atoms with Crippen LogP contribution < -0.4 is 15.3 Å². The number of sulfonamides is 1. The van der Waals surface area contributed by atoms with Gasteiger partial charge in [-0.2, -0.15) is 0 Å². The second-order valence-corrected chi connectivity index (χ2v) is 6.64. The number of thiazole rings is 1. The van der Waals surface area contributed by atoms with Gasteiger partial charge in [-0.3, -0.25) is 4.79 Å². The molecule has 0 fully saturated rings. The molecule has 110 valence electrons. The molecule has 1 aromatic heterocycles. The topological polar surface area (TPSA) is 105 Å². The summed E-state index contributed by atoms with van der Waals surface area (Å²) in [5.41, 5.74) is 6.49. The van der Waals surface area contributed by atoms with Crippen molar-refractivity contribution in [2.45, 2.75) is 11.4 Å². The molecule has 6 nitrogen and oxygen atoms in total. The third-order valence-electron chi connectivity index (χ3n) is 2.52. The van der Waals surface area contributed by atoms with Gasteiger partial charge in [-0.05, 0) is 24.3 Å². The fourth-order valence-corrected chi connectivity index (χ4v) is 3.12. The molecule has 0 bridgehead atoms. The van der Waals surface area contributed by atoms with Gasteiger partial charge in [0.25, 0.3) is 0 Å². The quantitative estimate of drug-likeness (QED) is 0.700. The standard InChI is InChI=1S/C13H13N3O3S2/c14-7-1-2-10-3-5-12(6-4-10)21(18,19)15-8-11-9-20-13(17)16-11/h3-6,9,15H,7-8,14H2,(H,16,17).